The van der Waals surface area contributed by atoms with E-state index >= 15 is 0 Å². The van der Waals surface area contributed by atoms with Crippen molar-refractivity contribution in [2.24, 2.45) is 5.92 Å². The fourth-order valence-electron chi connectivity index (χ4n) is 9.53. The monoisotopic (exact) mass is 790 g/mol. The molecule has 0 saturated heterocycles. The maximum Gasteiger partial charge on any atom is 0.0546 e. The summed E-state index contributed by atoms with van der Waals surface area (Å²) in [5.74, 6) is 0.321. The Morgan fingerprint density at radius 2 is 0.881 bits per heavy atom. The Hall–Kier alpha value is -6.72. The predicted octanol–water partition coefficient (Wildman–Crippen LogP) is 16.6. The van der Waals surface area contributed by atoms with Gasteiger partial charge in [-0.25, -0.2) is 0 Å². The lowest BCUT2D eigenvalue weighted by Gasteiger charge is -2.35. The van der Waals surface area contributed by atoms with E-state index in [9.17, 15) is 0 Å². The van der Waals surface area contributed by atoms with Crippen LogP contribution in [0.1, 0.15) is 17.4 Å². The summed E-state index contributed by atoms with van der Waals surface area (Å²) >= 11 is 3.81. The maximum atomic E-state index is 2.56. The van der Waals surface area contributed by atoms with Gasteiger partial charge in [-0.1, -0.05) is 128 Å². The molecular weight excluding hydrogens is 753 g/mol. The summed E-state index contributed by atoms with van der Waals surface area (Å²) in [6, 6.07) is 69.5. The topological polar surface area (TPSA) is 6.48 Å². The van der Waals surface area contributed by atoms with Gasteiger partial charge in [0.15, 0.2) is 0 Å². The van der Waals surface area contributed by atoms with Crippen LogP contribution in [0.5, 0.6) is 0 Å². The number of anilines is 5. The Morgan fingerprint density at radius 1 is 0.390 bits per heavy atom. The van der Waals surface area contributed by atoms with Crippen LogP contribution >= 0.6 is 22.7 Å². The molecule has 0 N–H and O–H groups in total. The van der Waals surface area contributed by atoms with Crippen LogP contribution in [0.2, 0.25) is 0 Å². The Labute approximate surface area is 351 Å². The van der Waals surface area contributed by atoms with E-state index in [0.29, 0.717) is 5.92 Å². The predicted molar refractivity (Wildman–Crippen MR) is 258 cm³/mol. The molecule has 2 heterocycles. The van der Waals surface area contributed by atoms with Gasteiger partial charge in [0, 0.05) is 74.6 Å². The minimum Gasteiger partial charge on any atom is -0.313 e. The number of benzene rings is 9. The molecule has 1 atom stereocenters. The Balaban J connectivity index is 1.13. The van der Waals surface area contributed by atoms with Crippen LogP contribution in [0.4, 0.5) is 28.4 Å². The number of nitrogens with zero attached hydrogens (tertiary/aromatic N) is 2. The van der Waals surface area contributed by atoms with Crippen LogP contribution in [-0.2, 0) is 6.42 Å². The van der Waals surface area contributed by atoms with Gasteiger partial charge in [-0.2, -0.15) is 0 Å². The summed E-state index contributed by atoms with van der Waals surface area (Å²) in [5, 5.41) is 11.4. The van der Waals surface area contributed by atoms with E-state index in [1.165, 1.54) is 90.1 Å². The van der Waals surface area contributed by atoms with Crippen molar-refractivity contribution in [3.63, 3.8) is 0 Å². The molecule has 0 aliphatic heterocycles. The van der Waals surface area contributed by atoms with Crippen LogP contribution in [0.25, 0.3) is 68.7 Å². The Kier molecular flexibility index (Phi) is 7.97. The molecule has 1 unspecified atom stereocenters. The average Bonchev–Trinajstić information content (AvgIpc) is 3.85. The van der Waals surface area contributed by atoms with Crippen molar-refractivity contribution in [1.29, 1.82) is 0 Å². The number of allylic oxidation sites excluding steroid dienone is 1. The van der Waals surface area contributed by atoms with Gasteiger partial charge in [-0.05, 0) is 106 Å². The summed E-state index contributed by atoms with van der Waals surface area (Å²) in [5.41, 5.74) is 8.51. The molecular formula is C55H38N2S2. The number of fused-ring (bicyclic) bond motifs is 11. The third kappa shape index (κ3) is 5.51. The van der Waals surface area contributed by atoms with E-state index in [2.05, 4.69) is 211 Å². The van der Waals surface area contributed by atoms with Crippen molar-refractivity contribution < 1.29 is 0 Å². The van der Waals surface area contributed by atoms with Crippen molar-refractivity contribution in [2.75, 3.05) is 9.80 Å². The highest BCUT2D eigenvalue weighted by Gasteiger charge is 2.29. The van der Waals surface area contributed by atoms with Gasteiger partial charge >= 0.3 is 0 Å². The van der Waals surface area contributed by atoms with Gasteiger partial charge in [0.1, 0.15) is 0 Å². The molecule has 0 saturated carbocycles. The van der Waals surface area contributed by atoms with Gasteiger partial charge in [0.05, 0.1) is 11.4 Å². The quantitative estimate of drug-likeness (QED) is 0.155. The molecule has 1 aliphatic rings. The smallest absolute Gasteiger partial charge is 0.0546 e. The second kappa shape index (κ2) is 13.7. The van der Waals surface area contributed by atoms with Crippen molar-refractivity contribution >= 4 is 120 Å². The van der Waals surface area contributed by atoms with E-state index in [0.717, 1.165) is 23.5 Å². The highest BCUT2D eigenvalue weighted by molar-refractivity contribution is 7.25. The molecule has 59 heavy (non-hydrogen) atoms. The molecule has 0 fully saturated rings. The van der Waals surface area contributed by atoms with Gasteiger partial charge in [0.2, 0.25) is 0 Å². The zero-order valence-electron chi connectivity index (χ0n) is 32.5. The third-order valence-corrected chi connectivity index (χ3v) is 14.6. The van der Waals surface area contributed by atoms with Crippen molar-refractivity contribution in [3.8, 4) is 0 Å². The van der Waals surface area contributed by atoms with Crippen molar-refractivity contribution in [1.82, 2.24) is 0 Å². The van der Waals surface area contributed by atoms with Crippen LogP contribution in [-0.4, -0.2) is 0 Å². The lowest BCUT2D eigenvalue weighted by atomic mass is 9.89. The lowest BCUT2D eigenvalue weighted by Crippen LogP contribution is -2.24. The summed E-state index contributed by atoms with van der Waals surface area (Å²) in [7, 11) is 0. The molecule has 11 aromatic rings. The number of hydrogen-bond donors (Lipinski definition) is 0. The first-order valence-electron chi connectivity index (χ1n) is 20.4. The van der Waals surface area contributed by atoms with Gasteiger partial charge in [-0.15, -0.1) is 22.7 Å². The molecule has 0 amide bonds. The SMILES string of the molecule is CC1Cc2sc3ccccc3c2C=C1N(c1ccccc1)c1cc2c3ccccc3c(N(c3ccccc3)c3ccc4sc5ccccc5c4c3)cc2c2ccccc12. The molecule has 2 nitrogen and oxygen atoms in total. The first-order valence-corrected chi connectivity index (χ1v) is 22.0. The van der Waals surface area contributed by atoms with Gasteiger partial charge in [-0.3, -0.25) is 0 Å². The summed E-state index contributed by atoms with van der Waals surface area (Å²) in [6.07, 6.45) is 3.50. The molecule has 1 aliphatic carbocycles. The zero-order valence-corrected chi connectivity index (χ0v) is 34.1. The van der Waals surface area contributed by atoms with Gasteiger partial charge in [0.25, 0.3) is 0 Å². The van der Waals surface area contributed by atoms with E-state index in [1.807, 2.05) is 22.7 Å². The largest absolute Gasteiger partial charge is 0.313 e. The van der Waals surface area contributed by atoms with E-state index < -0.39 is 0 Å². The highest BCUT2D eigenvalue weighted by Crippen LogP contribution is 2.50. The first-order chi connectivity index (χ1) is 29.2. The van der Waals surface area contributed by atoms with E-state index in [-0.39, 0.29) is 0 Å². The fraction of sp³-hybridized carbons (Fsp3) is 0.0545. The van der Waals surface area contributed by atoms with Crippen LogP contribution in [0, 0.1) is 5.92 Å². The maximum absolute atomic E-state index is 2.56. The van der Waals surface area contributed by atoms with Crippen molar-refractivity contribution in [2.45, 2.75) is 13.3 Å². The molecule has 0 radical (unpaired) electrons. The standard InChI is InChI=1S/C55H38N2S2/c1-35-30-55-48(44-25-13-15-27-53(44)59-55)34-49(35)57(37-18-6-3-7-19-37)51-33-46-39-20-8-10-22-41(39)50(32-45(46)40-21-9-11-23-42(40)51)56(36-16-4-2-5-17-36)38-28-29-54-47(31-38)43-24-12-14-26-52(43)58-54/h2-29,31-35H,30H2,1H3. The minimum atomic E-state index is 0.321. The summed E-state index contributed by atoms with van der Waals surface area (Å²) in [4.78, 5) is 6.50. The fourth-order valence-corrected chi connectivity index (χ4v) is 11.9. The van der Waals surface area contributed by atoms with E-state index in [4.69, 9.17) is 0 Å². The first kappa shape index (κ1) is 34.3. The zero-order chi connectivity index (χ0) is 39.0. The molecule has 2 aromatic heterocycles. The lowest BCUT2D eigenvalue weighted by molar-refractivity contribution is 0.666. The second-order valence-corrected chi connectivity index (χ2v) is 17.9. The molecule has 0 bridgehead atoms. The average molecular weight is 791 g/mol. The Morgan fingerprint density at radius 3 is 1.53 bits per heavy atom. The molecule has 280 valence electrons. The third-order valence-electron chi connectivity index (χ3n) is 12.2. The van der Waals surface area contributed by atoms with E-state index in [1.54, 1.807) is 0 Å². The molecule has 0 spiro atoms. The molecule has 4 heteroatoms. The Bertz CT molecular complexity index is 3450. The van der Waals surface area contributed by atoms with Crippen LogP contribution in [0.15, 0.2) is 194 Å². The number of hydrogen-bond acceptors (Lipinski definition) is 4. The highest BCUT2D eigenvalue weighted by atomic mass is 32.1. The molecule has 9 aromatic carbocycles. The van der Waals surface area contributed by atoms with Crippen LogP contribution in [0.3, 0.4) is 0 Å². The van der Waals surface area contributed by atoms with Crippen molar-refractivity contribution in [3.05, 3.63) is 204 Å². The minimum absolute atomic E-state index is 0.321. The molecule has 12 rings (SSSR count). The summed E-state index contributed by atoms with van der Waals surface area (Å²) in [6.45, 7) is 2.40. The van der Waals surface area contributed by atoms with Gasteiger partial charge < -0.3 is 9.80 Å². The van der Waals surface area contributed by atoms with Crippen LogP contribution < -0.4 is 9.80 Å². The number of thiophene rings is 2. The normalized spacial score (nSPS) is 14.1. The number of para-hydroxylation sites is 2. The summed E-state index contributed by atoms with van der Waals surface area (Å²) < 4.78 is 3.98. The number of rotatable bonds is 6. The second-order valence-electron chi connectivity index (χ2n) is 15.7.